The zero-order chi connectivity index (χ0) is 12.6. The molecule has 86 valence electrons. The summed E-state index contributed by atoms with van der Waals surface area (Å²) in [6.45, 7) is 0. The van der Waals surface area contributed by atoms with E-state index in [1.807, 2.05) is 0 Å². The standard InChI is InChI=1S/C11H7NO5/c13-10-5-6-1-2-8(12(16)17)3-7(6)4-9(10)11(14)15/h1-4H,5H2,(H,14,15). The molecule has 0 radical (unpaired) electrons. The Morgan fingerprint density at radius 1 is 1.41 bits per heavy atom. The van der Waals surface area contributed by atoms with Crippen LogP contribution in [0.3, 0.4) is 0 Å². The van der Waals surface area contributed by atoms with Crippen molar-refractivity contribution in [2.45, 2.75) is 6.42 Å². The summed E-state index contributed by atoms with van der Waals surface area (Å²) in [6.07, 6.45) is 1.14. The number of nitrogens with zero attached hydrogens (tertiary/aromatic N) is 1. The number of hydrogen-bond acceptors (Lipinski definition) is 4. The largest absolute Gasteiger partial charge is 0.478 e. The molecule has 1 N–H and O–H groups in total. The van der Waals surface area contributed by atoms with E-state index in [1.165, 1.54) is 24.3 Å². The van der Waals surface area contributed by atoms with Gasteiger partial charge in [0.2, 0.25) is 0 Å². The number of hydrogen-bond donors (Lipinski definition) is 1. The van der Waals surface area contributed by atoms with Crippen molar-refractivity contribution < 1.29 is 19.6 Å². The Kier molecular flexibility index (Phi) is 2.47. The Morgan fingerprint density at radius 2 is 2.12 bits per heavy atom. The number of carbonyl (C=O) groups excluding carboxylic acids is 1. The first kappa shape index (κ1) is 11.0. The second kappa shape index (κ2) is 3.82. The fourth-order valence-electron chi connectivity index (χ4n) is 1.68. The van der Waals surface area contributed by atoms with Gasteiger partial charge < -0.3 is 5.11 Å². The van der Waals surface area contributed by atoms with Crippen LogP contribution in [-0.2, 0) is 16.0 Å². The number of carbonyl (C=O) groups is 2. The molecule has 0 aliphatic heterocycles. The van der Waals surface area contributed by atoms with E-state index in [0.717, 1.165) is 0 Å². The molecular formula is C11H7NO5. The maximum absolute atomic E-state index is 11.4. The lowest BCUT2D eigenvalue weighted by atomic mass is 9.91. The van der Waals surface area contributed by atoms with Crippen molar-refractivity contribution in [3.63, 3.8) is 0 Å². The smallest absolute Gasteiger partial charge is 0.339 e. The highest BCUT2D eigenvalue weighted by atomic mass is 16.6. The van der Waals surface area contributed by atoms with E-state index in [-0.39, 0.29) is 17.7 Å². The Bertz CT molecular complexity index is 573. The summed E-state index contributed by atoms with van der Waals surface area (Å²) in [5, 5.41) is 19.4. The van der Waals surface area contributed by atoms with Crippen LogP contribution in [0.1, 0.15) is 11.1 Å². The second-order valence-electron chi connectivity index (χ2n) is 3.60. The van der Waals surface area contributed by atoms with Crippen molar-refractivity contribution in [1.82, 2.24) is 0 Å². The normalized spacial score (nSPS) is 13.9. The van der Waals surface area contributed by atoms with Crippen LogP contribution in [0.15, 0.2) is 23.8 Å². The van der Waals surface area contributed by atoms with Crippen LogP contribution in [0.4, 0.5) is 5.69 Å². The lowest BCUT2D eigenvalue weighted by molar-refractivity contribution is -0.384. The topological polar surface area (TPSA) is 97.5 Å². The predicted molar refractivity (Wildman–Crippen MR) is 57.4 cm³/mol. The summed E-state index contributed by atoms with van der Waals surface area (Å²) in [5.41, 5.74) is 0.555. The first-order chi connectivity index (χ1) is 7.99. The molecule has 0 saturated heterocycles. The van der Waals surface area contributed by atoms with Crippen molar-refractivity contribution in [2.75, 3.05) is 0 Å². The molecule has 1 aliphatic rings. The van der Waals surface area contributed by atoms with Gasteiger partial charge in [-0.2, -0.15) is 0 Å². The lowest BCUT2D eigenvalue weighted by Crippen LogP contribution is -2.18. The van der Waals surface area contributed by atoms with Crippen LogP contribution in [0.2, 0.25) is 0 Å². The highest BCUT2D eigenvalue weighted by molar-refractivity contribution is 6.22. The van der Waals surface area contributed by atoms with E-state index in [2.05, 4.69) is 0 Å². The van der Waals surface area contributed by atoms with E-state index >= 15 is 0 Å². The quantitative estimate of drug-likeness (QED) is 0.470. The fourth-order valence-corrected chi connectivity index (χ4v) is 1.68. The van der Waals surface area contributed by atoms with Gasteiger partial charge in [0.25, 0.3) is 5.69 Å². The number of rotatable bonds is 2. The number of nitro groups is 1. The van der Waals surface area contributed by atoms with Gasteiger partial charge in [-0.1, -0.05) is 6.07 Å². The molecule has 0 bridgehead atoms. The summed E-state index contributed by atoms with van der Waals surface area (Å²) < 4.78 is 0. The number of ketones is 1. The van der Waals surface area contributed by atoms with Crippen molar-refractivity contribution in [2.24, 2.45) is 0 Å². The van der Waals surface area contributed by atoms with E-state index < -0.39 is 16.7 Å². The Hall–Kier alpha value is -2.50. The molecule has 0 atom stereocenters. The zero-order valence-corrected chi connectivity index (χ0v) is 8.54. The summed E-state index contributed by atoms with van der Waals surface area (Å²) in [4.78, 5) is 32.2. The molecule has 1 aromatic rings. The van der Waals surface area contributed by atoms with Gasteiger partial charge in [0, 0.05) is 18.6 Å². The van der Waals surface area contributed by atoms with Crippen LogP contribution >= 0.6 is 0 Å². The van der Waals surface area contributed by atoms with Crippen molar-refractivity contribution in [3.05, 3.63) is 45.0 Å². The molecule has 1 aromatic carbocycles. The molecule has 6 nitrogen and oxygen atoms in total. The molecule has 1 aliphatic carbocycles. The van der Waals surface area contributed by atoms with Crippen LogP contribution < -0.4 is 0 Å². The minimum Gasteiger partial charge on any atom is -0.478 e. The van der Waals surface area contributed by atoms with E-state index in [9.17, 15) is 19.7 Å². The van der Waals surface area contributed by atoms with Gasteiger partial charge >= 0.3 is 5.97 Å². The summed E-state index contributed by atoms with van der Waals surface area (Å²) in [7, 11) is 0. The number of Topliss-reactive ketones (excluding diaryl/α,β-unsaturated/α-hetero) is 1. The third-order valence-electron chi connectivity index (χ3n) is 2.52. The van der Waals surface area contributed by atoms with Crippen molar-refractivity contribution >= 4 is 23.5 Å². The monoisotopic (exact) mass is 233 g/mol. The van der Waals surface area contributed by atoms with E-state index in [1.54, 1.807) is 0 Å². The molecular weight excluding hydrogens is 226 g/mol. The molecule has 0 saturated carbocycles. The van der Waals surface area contributed by atoms with Crippen LogP contribution in [0, 0.1) is 10.1 Å². The molecule has 0 unspecified atom stereocenters. The first-order valence-electron chi connectivity index (χ1n) is 4.74. The fraction of sp³-hybridized carbons (Fsp3) is 0.0909. The predicted octanol–water partition coefficient (Wildman–Crippen LogP) is 1.19. The molecule has 0 heterocycles. The van der Waals surface area contributed by atoms with E-state index in [0.29, 0.717) is 11.1 Å². The number of aliphatic carboxylic acids is 1. The van der Waals surface area contributed by atoms with Gasteiger partial charge in [0.05, 0.1) is 4.92 Å². The number of non-ortho nitro benzene ring substituents is 1. The number of carboxylic acids is 1. The van der Waals surface area contributed by atoms with Gasteiger partial charge in [-0.25, -0.2) is 4.79 Å². The summed E-state index contributed by atoms with van der Waals surface area (Å²) in [6, 6.07) is 4.04. The minimum absolute atomic E-state index is 0.0362. The number of benzene rings is 1. The Balaban J connectivity index is 2.55. The van der Waals surface area contributed by atoms with Gasteiger partial charge in [-0.15, -0.1) is 0 Å². The van der Waals surface area contributed by atoms with Gasteiger partial charge in [-0.3, -0.25) is 14.9 Å². The molecule has 2 rings (SSSR count). The SMILES string of the molecule is O=C(O)C1=Cc2cc([N+](=O)[O-])ccc2CC1=O. The van der Waals surface area contributed by atoms with E-state index in [4.69, 9.17) is 5.11 Å². The third kappa shape index (κ3) is 1.92. The van der Waals surface area contributed by atoms with Crippen LogP contribution in [0.5, 0.6) is 0 Å². The highest BCUT2D eigenvalue weighted by Crippen LogP contribution is 2.25. The Labute approximate surface area is 95.3 Å². The number of fused-ring (bicyclic) bond motifs is 1. The molecule has 0 aromatic heterocycles. The lowest BCUT2D eigenvalue weighted by Gasteiger charge is -2.12. The molecule has 0 amide bonds. The zero-order valence-electron chi connectivity index (χ0n) is 8.54. The van der Waals surface area contributed by atoms with Gasteiger partial charge in [0.1, 0.15) is 5.57 Å². The van der Waals surface area contributed by atoms with Crippen LogP contribution in [-0.4, -0.2) is 21.8 Å². The number of nitro benzene ring substituents is 1. The van der Waals surface area contributed by atoms with Crippen LogP contribution in [0.25, 0.3) is 6.08 Å². The average Bonchev–Trinajstić information content (AvgIpc) is 2.27. The third-order valence-corrected chi connectivity index (χ3v) is 2.52. The molecule has 0 fully saturated rings. The summed E-state index contributed by atoms with van der Waals surface area (Å²) >= 11 is 0. The molecule has 6 heteroatoms. The van der Waals surface area contributed by atoms with Crippen molar-refractivity contribution in [1.29, 1.82) is 0 Å². The highest BCUT2D eigenvalue weighted by Gasteiger charge is 2.24. The molecule has 0 spiro atoms. The average molecular weight is 233 g/mol. The molecule has 17 heavy (non-hydrogen) atoms. The van der Waals surface area contributed by atoms with Gasteiger partial charge in [-0.05, 0) is 17.2 Å². The van der Waals surface area contributed by atoms with Crippen molar-refractivity contribution in [3.8, 4) is 0 Å². The second-order valence-corrected chi connectivity index (χ2v) is 3.60. The maximum Gasteiger partial charge on any atom is 0.339 e. The first-order valence-corrected chi connectivity index (χ1v) is 4.74. The summed E-state index contributed by atoms with van der Waals surface area (Å²) in [5.74, 6) is -1.80. The van der Waals surface area contributed by atoms with Gasteiger partial charge in [0.15, 0.2) is 5.78 Å². The maximum atomic E-state index is 11.4. The number of carboxylic acid groups (broad SMARTS) is 1. The minimum atomic E-state index is -1.31. The Morgan fingerprint density at radius 3 is 2.71 bits per heavy atom.